The Morgan fingerprint density at radius 3 is 1.95 bits per heavy atom. The number of alkyl halides is 12. The molecule has 0 aromatic carbocycles. The van der Waals surface area contributed by atoms with Crippen LogP contribution in [0.3, 0.4) is 0 Å². The van der Waals surface area contributed by atoms with Gasteiger partial charge in [0.25, 0.3) is 0 Å². The lowest BCUT2D eigenvalue weighted by molar-refractivity contribution is -0.405. The van der Waals surface area contributed by atoms with Crippen molar-refractivity contribution < 1.29 is 57.5 Å². The Balaban J connectivity index is 2.52. The molecule has 2 aromatic rings. The van der Waals surface area contributed by atoms with Crippen LogP contribution in [0, 0.1) is 0 Å². The Bertz CT molecular complexity index is 1140. The van der Waals surface area contributed by atoms with Gasteiger partial charge in [-0.1, -0.05) is 26.2 Å². The number of halogens is 14. The number of rotatable bonds is 13. The molecular formula is C21H16Br2F12OS2. The van der Waals surface area contributed by atoms with Gasteiger partial charge < -0.3 is 0 Å². The molecule has 0 atom stereocenters. The Morgan fingerprint density at radius 2 is 1.42 bits per heavy atom. The highest BCUT2D eigenvalue weighted by molar-refractivity contribution is 9.11. The van der Waals surface area contributed by atoms with Gasteiger partial charge in [-0.2, -0.15) is 43.9 Å². The third kappa shape index (κ3) is 5.67. The molecule has 0 fully saturated rings. The summed E-state index contributed by atoms with van der Waals surface area (Å²) in [5.74, 6) is -39.9. The number of thiophene rings is 2. The molecular weight excluding hydrogens is 720 g/mol. The molecule has 0 N–H and O–H groups in total. The average molecular weight is 736 g/mol. The lowest BCUT2D eigenvalue weighted by Gasteiger charge is -2.38. The Kier molecular flexibility index (Phi) is 10.2. The van der Waals surface area contributed by atoms with Crippen molar-refractivity contribution >= 4 is 60.3 Å². The molecule has 2 rings (SSSR count). The van der Waals surface area contributed by atoms with Crippen molar-refractivity contribution in [2.24, 2.45) is 0 Å². The van der Waals surface area contributed by atoms with Crippen LogP contribution >= 0.6 is 54.5 Å². The van der Waals surface area contributed by atoms with Crippen LogP contribution in [0.2, 0.25) is 0 Å². The maximum atomic E-state index is 14.6. The van der Waals surface area contributed by atoms with Crippen LogP contribution < -0.4 is 0 Å². The van der Waals surface area contributed by atoms with E-state index in [1.165, 1.54) is 6.07 Å². The number of unbranched alkanes of at least 4 members (excludes halogenated alkanes) is 3. The summed E-state index contributed by atoms with van der Waals surface area (Å²) < 4.78 is 164. The Morgan fingerprint density at radius 1 is 0.842 bits per heavy atom. The minimum Gasteiger partial charge on any atom is -0.287 e. The average Bonchev–Trinajstić information content (AvgIpc) is 3.37. The van der Waals surface area contributed by atoms with E-state index in [9.17, 15) is 57.5 Å². The van der Waals surface area contributed by atoms with Gasteiger partial charge in [-0.15, -0.1) is 22.7 Å². The Labute approximate surface area is 232 Å². The van der Waals surface area contributed by atoms with Crippen LogP contribution in [0.4, 0.5) is 52.7 Å². The van der Waals surface area contributed by atoms with Crippen molar-refractivity contribution in [1.29, 1.82) is 0 Å². The fourth-order valence-electron chi connectivity index (χ4n) is 3.20. The van der Waals surface area contributed by atoms with Crippen molar-refractivity contribution in [3.05, 3.63) is 30.8 Å². The highest BCUT2D eigenvalue weighted by Gasteiger charge is 2.89. The van der Waals surface area contributed by atoms with E-state index in [2.05, 4.69) is 31.9 Å². The number of hydrogen-bond acceptors (Lipinski definition) is 3. The van der Waals surface area contributed by atoms with E-state index in [1.807, 2.05) is 6.92 Å². The SMILES string of the molecule is CCCCCCc1cc(-c2sc(Br)cc2C(=O)C(F)(F)C(F)(F)C(F)(F)C(F)(F)C(F)(F)C(F)F)sc1Br. The molecule has 0 aliphatic carbocycles. The lowest BCUT2D eigenvalue weighted by Crippen LogP contribution is -2.69. The van der Waals surface area contributed by atoms with Crippen molar-refractivity contribution in [3.63, 3.8) is 0 Å². The summed E-state index contributed by atoms with van der Waals surface area (Å²) in [5.41, 5.74) is -0.640. The molecule has 17 heteroatoms. The maximum absolute atomic E-state index is 14.6. The molecule has 0 spiro atoms. The zero-order chi connectivity index (χ0) is 29.5. The molecule has 0 saturated heterocycles. The van der Waals surface area contributed by atoms with Crippen LogP contribution in [0.15, 0.2) is 19.7 Å². The van der Waals surface area contributed by atoms with Crippen LogP contribution in [-0.4, -0.2) is 41.8 Å². The van der Waals surface area contributed by atoms with Crippen molar-refractivity contribution in [2.75, 3.05) is 0 Å². The summed E-state index contributed by atoms with van der Waals surface area (Å²) in [4.78, 5) is 12.1. The molecule has 0 saturated carbocycles. The third-order valence-corrected chi connectivity index (χ3v) is 9.17. The minimum absolute atomic E-state index is 0.0573. The predicted octanol–water partition coefficient (Wildman–Crippen LogP) is 10.7. The van der Waals surface area contributed by atoms with E-state index in [1.54, 1.807) is 0 Å². The largest absolute Gasteiger partial charge is 0.386 e. The number of hydrogen-bond donors (Lipinski definition) is 0. The standard InChI is InChI=1S/C21H16Br2F12OS2/c1-2-3-4-5-6-9-7-11(37-15(9)23)13-10(8-12(22)38-13)14(36)17(26,27)19(30,31)21(34,35)20(32,33)18(28,29)16(24)25/h7-8,16H,2-6H2,1H3. The number of carbonyl (C=O) groups is 1. The van der Waals surface area contributed by atoms with Crippen molar-refractivity contribution in [1.82, 2.24) is 0 Å². The quantitative estimate of drug-likeness (QED) is 0.114. The lowest BCUT2D eigenvalue weighted by atomic mass is 9.90. The molecule has 38 heavy (non-hydrogen) atoms. The van der Waals surface area contributed by atoms with E-state index in [4.69, 9.17) is 0 Å². The van der Waals surface area contributed by atoms with Gasteiger partial charge in [0, 0.05) is 10.4 Å². The summed E-state index contributed by atoms with van der Waals surface area (Å²) in [6.07, 6.45) is -1.67. The van der Waals surface area contributed by atoms with Gasteiger partial charge in [-0.25, -0.2) is 8.78 Å². The van der Waals surface area contributed by atoms with Gasteiger partial charge in [0.2, 0.25) is 5.78 Å². The fraction of sp³-hybridized carbons (Fsp3) is 0.571. The number of Topliss-reactive ketones (excluding diaryl/α,β-unsaturated/α-hetero) is 1. The highest BCUT2D eigenvalue weighted by atomic mass is 79.9. The summed E-state index contributed by atoms with van der Waals surface area (Å²) in [5, 5.41) is 0. The summed E-state index contributed by atoms with van der Waals surface area (Å²) in [6.45, 7) is 1.98. The monoisotopic (exact) mass is 734 g/mol. The maximum Gasteiger partial charge on any atom is 0.386 e. The Hall–Kier alpha value is -0.810. The third-order valence-electron chi connectivity index (χ3n) is 5.39. The molecule has 0 amide bonds. The molecule has 0 aliphatic heterocycles. The van der Waals surface area contributed by atoms with Crippen LogP contribution in [0.1, 0.15) is 48.5 Å². The normalized spacial score (nSPS) is 14.0. The van der Waals surface area contributed by atoms with Crippen LogP contribution in [0.5, 0.6) is 0 Å². The zero-order valence-electron chi connectivity index (χ0n) is 18.8. The fourth-order valence-corrected chi connectivity index (χ4v) is 6.68. The second-order valence-electron chi connectivity index (χ2n) is 8.06. The summed E-state index contributed by atoms with van der Waals surface area (Å²) in [6, 6.07) is 1.98. The molecule has 0 bridgehead atoms. The van der Waals surface area contributed by atoms with E-state index in [0.717, 1.165) is 37.0 Å². The predicted molar refractivity (Wildman–Crippen MR) is 126 cm³/mol. The van der Waals surface area contributed by atoms with Gasteiger partial charge in [0.05, 0.1) is 12.4 Å². The van der Waals surface area contributed by atoms with Crippen LogP contribution in [-0.2, 0) is 6.42 Å². The molecule has 0 aliphatic rings. The van der Waals surface area contributed by atoms with E-state index in [0.29, 0.717) is 33.2 Å². The first-order valence-corrected chi connectivity index (χ1v) is 13.7. The summed E-state index contributed by atoms with van der Waals surface area (Å²) in [7, 11) is 0. The highest BCUT2D eigenvalue weighted by Crippen LogP contribution is 2.59. The minimum atomic E-state index is -7.77. The second kappa shape index (κ2) is 11.6. The first-order valence-electron chi connectivity index (χ1n) is 10.5. The molecule has 0 unspecified atom stereocenters. The van der Waals surface area contributed by atoms with E-state index < -0.39 is 52.3 Å². The van der Waals surface area contributed by atoms with E-state index in [-0.39, 0.29) is 8.66 Å². The number of carbonyl (C=O) groups excluding carboxylic acids is 1. The first kappa shape index (κ1) is 33.4. The van der Waals surface area contributed by atoms with Gasteiger partial charge in [0.1, 0.15) is 0 Å². The second-order valence-corrected chi connectivity index (χ2v) is 12.9. The van der Waals surface area contributed by atoms with Crippen LogP contribution in [0.25, 0.3) is 9.75 Å². The zero-order valence-corrected chi connectivity index (χ0v) is 23.6. The van der Waals surface area contributed by atoms with E-state index >= 15 is 0 Å². The smallest absolute Gasteiger partial charge is 0.287 e. The van der Waals surface area contributed by atoms with Gasteiger partial charge in [0.15, 0.2) is 0 Å². The van der Waals surface area contributed by atoms with Gasteiger partial charge in [-0.3, -0.25) is 4.79 Å². The first-order chi connectivity index (χ1) is 17.2. The van der Waals surface area contributed by atoms with Gasteiger partial charge >= 0.3 is 36.0 Å². The number of ketones is 1. The molecule has 216 valence electrons. The van der Waals surface area contributed by atoms with Gasteiger partial charge in [-0.05, 0) is 62.4 Å². The number of aryl methyl sites for hydroxylation is 1. The molecule has 2 aromatic heterocycles. The van der Waals surface area contributed by atoms with Crippen molar-refractivity contribution in [3.8, 4) is 9.75 Å². The molecule has 0 radical (unpaired) electrons. The summed E-state index contributed by atoms with van der Waals surface area (Å²) >= 11 is 7.52. The van der Waals surface area contributed by atoms with Crippen molar-refractivity contribution in [2.45, 2.75) is 75.1 Å². The topological polar surface area (TPSA) is 17.1 Å². The molecule has 2 heterocycles. The molecule has 1 nitrogen and oxygen atoms in total.